The fourth-order valence-electron chi connectivity index (χ4n) is 1.58. The summed E-state index contributed by atoms with van der Waals surface area (Å²) in [7, 11) is 2.05. The minimum Gasteiger partial charge on any atom is -0.382 e. The van der Waals surface area contributed by atoms with Gasteiger partial charge in [0.25, 0.3) is 0 Å². The molecule has 1 saturated heterocycles. The molecule has 0 unspecified atom stereocenters. The summed E-state index contributed by atoms with van der Waals surface area (Å²) in [4.78, 5) is 10.7. The van der Waals surface area contributed by atoms with Gasteiger partial charge in [0.05, 0.1) is 0 Å². The molecule has 0 saturated carbocycles. The van der Waals surface area contributed by atoms with Crippen LogP contribution in [0.4, 0.5) is 11.5 Å². The van der Waals surface area contributed by atoms with Crippen molar-refractivity contribution in [2.24, 2.45) is 4.99 Å². The van der Waals surface area contributed by atoms with E-state index in [9.17, 15) is 0 Å². The van der Waals surface area contributed by atoms with E-state index in [1.807, 2.05) is 12.1 Å². The van der Waals surface area contributed by atoms with Gasteiger partial charge in [0, 0.05) is 26.2 Å². The van der Waals surface area contributed by atoms with E-state index in [1.165, 1.54) is 6.42 Å². The molecule has 0 spiro atoms. The van der Waals surface area contributed by atoms with Crippen molar-refractivity contribution in [3.05, 3.63) is 18.3 Å². The van der Waals surface area contributed by atoms with Gasteiger partial charge in [-0.3, -0.25) is 0 Å². The maximum atomic E-state index is 5.71. The fourth-order valence-corrected chi connectivity index (χ4v) is 1.58. The first kappa shape index (κ1) is 8.99. The third-order valence-corrected chi connectivity index (χ3v) is 2.40. The molecule has 0 amide bonds. The zero-order valence-electron chi connectivity index (χ0n) is 8.27. The molecule has 0 bridgehead atoms. The van der Waals surface area contributed by atoms with E-state index in [2.05, 4.69) is 21.9 Å². The topological polar surface area (TPSA) is 54.5 Å². The summed E-state index contributed by atoms with van der Waals surface area (Å²) in [5, 5.41) is 0. The van der Waals surface area contributed by atoms with Crippen LogP contribution in [0.25, 0.3) is 0 Å². The lowest BCUT2D eigenvalue weighted by atomic mass is 10.3. The number of hydrogen-bond donors (Lipinski definition) is 1. The van der Waals surface area contributed by atoms with Crippen LogP contribution in [0.5, 0.6) is 0 Å². The van der Waals surface area contributed by atoms with Gasteiger partial charge in [-0.2, -0.15) is 0 Å². The molecule has 1 fully saturated rings. The molecule has 0 aromatic carbocycles. The zero-order valence-corrected chi connectivity index (χ0v) is 8.27. The van der Waals surface area contributed by atoms with Gasteiger partial charge in [0.2, 0.25) is 0 Å². The van der Waals surface area contributed by atoms with Crippen molar-refractivity contribution in [3.63, 3.8) is 0 Å². The largest absolute Gasteiger partial charge is 0.382 e. The lowest BCUT2D eigenvalue weighted by Crippen LogP contribution is -2.18. The third kappa shape index (κ3) is 1.69. The van der Waals surface area contributed by atoms with E-state index < -0.39 is 0 Å². The van der Waals surface area contributed by atoms with E-state index in [0.717, 1.165) is 24.5 Å². The minimum atomic E-state index is 0.500. The Labute approximate surface area is 83.5 Å². The molecular formula is C10H14N4. The van der Waals surface area contributed by atoms with Crippen molar-refractivity contribution in [1.82, 2.24) is 9.88 Å². The molecule has 2 heterocycles. The van der Waals surface area contributed by atoms with Crippen molar-refractivity contribution in [2.75, 3.05) is 19.3 Å². The number of nitrogens with two attached hydrogens (primary N) is 1. The van der Waals surface area contributed by atoms with E-state index >= 15 is 0 Å². The van der Waals surface area contributed by atoms with Crippen molar-refractivity contribution >= 4 is 17.3 Å². The molecule has 74 valence electrons. The number of aromatic nitrogens is 1. The summed E-state index contributed by atoms with van der Waals surface area (Å²) in [6.45, 7) is 1.08. The number of amidine groups is 1. The minimum absolute atomic E-state index is 0.500. The highest BCUT2D eigenvalue weighted by Crippen LogP contribution is 2.21. The number of rotatable bonds is 1. The van der Waals surface area contributed by atoms with Gasteiger partial charge in [-0.05, 0) is 18.6 Å². The van der Waals surface area contributed by atoms with Gasteiger partial charge in [-0.1, -0.05) is 0 Å². The lowest BCUT2D eigenvalue weighted by molar-refractivity contribution is 0.550. The van der Waals surface area contributed by atoms with Crippen LogP contribution < -0.4 is 5.73 Å². The number of likely N-dealkylation sites (tertiary alicyclic amines) is 1. The number of pyridine rings is 1. The second kappa shape index (κ2) is 3.65. The van der Waals surface area contributed by atoms with Crippen LogP contribution in [-0.2, 0) is 0 Å². The quantitative estimate of drug-likeness (QED) is 0.728. The highest BCUT2D eigenvalue weighted by atomic mass is 15.2. The van der Waals surface area contributed by atoms with Crippen molar-refractivity contribution in [1.29, 1.82) is 0 Å². The van der Waals surface area contributed by atoms with E-state index in [-0.39, 0.29) is 0 Å². The third-order valence-electron chi connectivity index (χ3n) is 2.40. The predicted molar refractivity (Wildman–Crippen MR) is 57.6 cm³/mol. The molecule has 1 aromatic rings. The van der Waals surface area contributed by atoms with Crippen LogP contribution in [0.3, 0.4) is 0 Å². The van der Waals surface area contributed by atoms with Gasteiger partial charge in [-0.25, -0.2) is 9.98 Å². The molecule has 2 N–H and O–H groups in total. The monoisotopic (exact) mass is 190 g/mol. The summed E-state index contributed by atoms with van der Waals surface area (Å²) in [6.07, 6.45) is 3.89. The lowest BCUT2D eigenvalue weighted by Gasteiger charge is -2.11. The maximum Gasteiger partial charge on any atom is 0.149 e. The summed E-state index contributed by atoms with van der Waals surface area (Å²) >= 11 is 0. The standard InChI is InChI=1S/C10H14N4/c1-14-7-3-5-9(14)13-8-4-2-6-12-10(8)11/h2,4,6H,3,5,7H2,1H3,(H2,11,12). The van der Waals surface area contributed by atoms with Crippen molar-refractivity contribution < 1.29 is 0 Å². The molecule has 1 aromatic heterocycles. The maximum absolute atomic E-state index is 5.71. The molecular weight excluding hydrogens is 176 g/mol. The highest BCUT2D eigenvalue weighted by molar-refractivity contribution is 5.87. The molecule has 0 atom stereocenters. The summed E-state index contributed by atoms with van der Waals surface area (Å²) in [5.74, 6) is 1.60. The molecule has 4 heteroatoms. The number of nitrogens with zero attached hydrogens (tertiary/aromatic N) is 3. The number of nitrogen functional groups attached to an aromatic ring is 1. The first-order valence-corrected chi connectivity index (χ1v) is 4.76. The molecule has 2 rings (SSSR count). The molecule has 1 aliphatic heterocycles. The van der Waals surface area contributed by atoms with Crippen LogP contribution >= 0.6 is 0 Å². The van der Waals surface area contributed by atoms with Crippen LogP contribution in [0.15, 0.2) is 23.3 Å². The Kier molecular flexibility index (Phi) is 2.35. The first-order valence-electron chi connectivity index (χ1n) is 4.76. The van der Waals surface area contributed by atoms with E-state index in [1.54, 1.807) is 6.20 Å². The second-order valence-electron chi connectivity index (χ2n) is 3.46. The van der Waals surface area contributed by atoms with Gasteiger partial charge in [0.1, 0.15) is 17.3 Å². The van der Waals surface area contributed by atoms with Crippen molar-refractivity contribution in [3.8, 4) is 0 Å². The van der Waals surface area contributed by atoms with Gasteiger partial charge in [-0.15, -0.1) is 0 Å². The second-order valence-corrected chi connectivity index (χ2v) is 3.46. The Morgan fingerprint density at radius 3 is 3.07 bits per heavy atom. The SMILES string of the molecule is CN1CCCC1=Nc1cccnc1N. The molecule has 0 aliphatic carbocycles. The summed E-state index contributed by atoms with van der Waals surface area (Å²) in [6, 6.07) is 3.74. The summed E-state index contributed by atoms with van der Waals surface area (Å²) in [5.41, 5.74) is 6.48. The smallest absolute Gasteiger partial charge is 0.149 e. The van der Waals surface area contributed by atoms with Crippen LogP contribution in [0.2, 0.25) is 0 Å². The fraction of sp³-hybridized carbons (Fsp3) is 0.400. The Balaban J connectivity index is 2.29. The van der Waals surface area contributed by atoms with E-state index in [4.69, 9.17) is 5.73 Å². The Morgan fingerprint density at radius 2 is 2.43 bits per heavy atom. The molecule has 14 heavy (non-hydrogen) atoms. The van der Waals surface area contributed by atoms with Crippen LogP contribution in [0.1, 0.15) is 12.8 Å². The van der Waals surface area contributed by atoms with E-state index in [0.29, 0.717) is 5.82 Å². The van der Waals surface area contributed by atoms with Crippen LogP contribution in [-0.4, -0.2) is 29.3 Å². The Bertz CT molecular complexity index is 359. The molecule has 0 radical (unpaired) electrons. The normalized spacial score (nSPS) is 19.2. The first-order chi connectivity index (χ1) is 6.77. The molecule has 1 aliphatic rings. The zero-order chi connectivity index (χ0) is 9.97. The number of aliphatic imine (C=N–C) groups is 1. The number of anilines is 1. The average molecular weight is 190 g/mol. The average Bonchev–Trinajstić information content (AvgIpc) is 2.56. The van der Waals surface area contributed by atoms with Crippen LogP contribution in [0, 0.1) is 0 Å². The number of hydrogen-bond acceptors (Lipinski definition) is 3. The Hall–Kier alpha value is -1.58. The highest BCUT2D eigenvalue weighted by Gasteiger charge is 2.14. The summed E-state index contributed by atoms with van der Waals surface area (Å²) < 4.78 is 0. The van der Waals surface area contributed by atoms with Gasteiger partial charge < -0.3 is 10.6 Å². The Morgan fingerprint density at radius 1 is 1.57 bits per heavy atom. The van der Waals surface area contributed by atoms with Gasteiger partial charge >= 0.3 is 0 Å². The predicted octanol–water partition coefficient (Wildman–Crippen LogP) is 1.42. The van der Waals surface area contributed by atoms with Crippen molar-refractivity contribution in [2.45, 2.75) is 12.8 Å². The van der Waals surface area contributed by atoms with Gasteiger partial charge in [0.15, 0.2) is 0 Å². The molecule has 4 nitrogen and oxygen atoms in total.